The normalized spacial score (nSPS) is 10.8. The quantitative estimate of drug-likeness (QED) is 0.148. The number of hydrogen-bond donors (Lipinski definition) is 1. The van der Waals surface area contributed by atoms with Crippen molar-refractivity contribution in [2.75, 3.05) is 0 Å². The number of carbonyl (C=O) groups excluding carboxylic acids is 1. The van der Waals surface area contributed by atoms with Crippen LogP contribution < -0.4 is 0 Å². The van der Waals surface area contributed by atoms with Crippen molar-refractivity contribution in [2.45, 2.75) is 34.6 Å². The van der Waals surface area contributed by atoms with E-state index in [4.69, 9.17) is 10.1 Å². The van der Waals surface area contributed by atoms with Crippen molar-refractivity contribution in [3.63, 3.8) is 0 Å². The fourth-order valence-corrected chi connectivity index (χ4v) is 4.29. The van der Waals surface area contributed by atoms with Crippen molar-refractivity contribution < 1.29 is 30.0 Å². The maximum absolute atomic E-state index is 10.0. The minimum atomic E-state index is -0.125. The number of allylic oxidation sites excluding steroid dienone is 2. The van der Waals surface area contributed by atoms with Crippen LogP contribution in [0.3, 0.4) is 0 Å². The van der Waals surface area contributed by atoms with Crippen LogP contribution in [0.5, 0.6) is 0 Å². The molecule has 1 radical (unpaired) electrons. The van der Waals surface area contributed by atoms with Crippen LogP contribution >= 0.6 is 11.3 Å². The zero-order valence-electron chi connectivity index (χ0n) is 18.8. The van der Waals surface area contributed by atoms with E-state index in [9.17, 15) is 4.79 Å². The summed E-state index contributed by atoms with van der Waals surface area (Å²) in [6, 6.07) is 22.9. The summed E-state index contributed by atoms with van der Waals surface area (Å²) in [6.45, 7) is 9.16. The maximum atomic E-state index is 10.0. The number of nitrogens with zero attached hydrogens (tertiary/aromatic N) is 1. The number of hydrogen-bond acceptors (Lipinski definition) is 4. The molecule has 0 atom stereocenters. The van der Waals surface area contributed by atoms with Gasteiger partial charge in [-0.25, -0.2) is 0 Å². The van der Waals surface area contributed by atoms with Gasteiger partial charge in [0.15, 0.2) is 5.78 Å². The van der Waals surface area contributed by atoms with Crippen molar-refractivity contribution in [1.29, 1.82) is 0 Å². The number of pyridine rings is 1. The molecule has 0 bridgehead atoms. The van der Waals surface area contributed by atoms with Crippen LogP contribution in [0.1, 0.15) is 30.5 Å². The van der Waals surface area contributed by atoms with Gasteiger partial charge in [-0.2, -0.15) is 0 Å². The number of carbonyl (C=O) groups is 1. The molecular weight excluding hydrogens is 595 g/mol. The number of benzene rings is 2. The molecule has 0 aliphatic heterocycles. The first kappa shape index (κ1) is 25.7. The van der Waals surface area contributed by atoms with E-state index in [1.54, 1.807) is 11.3 Å². The minimum absolute atomic E-state index is 0. The second-order valence-corrected chi connectivity index (χ2v) is 8.75. The summed E-state index contributed by atoms with van der Waals surface area (Å²) in [5.41, 5.74) is 6.99. The number of aliphatic hydroxyl groups is 1. The van der Waals surface area contributed by atoms with Crippen LogP contribution in [0.15, 0.2) is 66.4 Å². The predicted molar refractivity (Wildman–Crippen MR) is 131 cm³/mol. The van der Waals surface area contributed by atoms with Crippen LogP contribution in [-0.4, -0.2) is 15.9 Å². The van der Waals surface area contributed by atoms with E-state index in [-0.39, 0.29) is 31.6 Å². The van der Waals surface area contributed by atoms with Crippen molar-refractivity contribution in [2.24, 2.45) is 0 Å². The Labute approximate surface area is 207 Å². The topological polar surface area (TPSA) is 50.2 Å². The predicted octanol–water partition coefficient (Wildman–Crippen LogP) is 7.39. The SMILES string of the molecule is CC(=O)/C=C(/C)O.Cc1[c-]c(-c2ccc3cc(-c4ccc(C)cc4)sc3n2)cc(C)c1.[Ir]. The Morgan fingerprint density at radius 1 is 0.969 bits per heavy atom. The average Bonchev–Trinajstić information content (AvgIpc) is 3.10. The average molecular weight is 621 g/mol. The Morgan fingerprint density at radius 2 is 1.66 bits per heavy atom. The fraction of sp³-hybridized carbons (Fsp3) is 0.185. The number of aliphatic hydroxyl groups excluding tert-OH is 1. The van der Waals surface area contributed by atoms with Gasteiger partial charge in [0.1, 0.15) is 4.83 Å². The van der Waals surface area contributed by atoms with Gasteiger partial charge >= 0.3 is 0 Å². The van der Waals surface area contributed by atoms with Crippen LogP contribution in [0.2, 0.25) is 0 Å². The molecule has 0 spiro atoms. The molecule has 0 aliphatic rings. The molecule has 0 saturated carbocycles. The van der Waals surface area contributed by atoms with Gasteiger partial charge in [0, 0.05) is 36.4 Å². The molecule has 0 amide bonds. The number of ketones is 1. The zero-order valence-corrected chi connectivity index (χ0v) is 22.0. The van der Waals surface area contributed by atoms with E-state index >= 15 is 0 Å². The third kappa shape index (κ3) is 6.96. The molecule has 0 aliphatic carbocycles. The summed E-state index contributed by atoms with van der Waals surface area (Å²) in [4.78, 5) is 17.2. The molecule has 3 nitrogen and oxygen atoms in total. The zero-order chi connectivity index (χ0) is 22.5. The van der Waals surface area contributed by atoms with Gasteiger partial charge in [0.05, 0.1) is 5.76 Å². The van der Waals surface area contributed by atoms with E-state index in [0.29, 0.717) is 0 Å². The summed E-state index contributed by atoms with van der Waals surface area (Å²) in [6.07, 6.45) is 1.17. The molecule has 4 aromatic rings. The first-order chi connectivity index (χ1) is 14.7. The van der Waals surface area contributed by atoms with E-state index < -0.39 is 0 Å². The molecule has 167 valence electrons. The molecule has 2 heterocycles. The van der Waals surface area contributed by atoms with Crippen molar-refractivity contribution in [3.8, 4) is 21.7 Å². The molecule has 0 saturated heterocycles. The first-order valence-electron chi connectivity index (χ1n) is 10.1. The number of fused-ring (bicyclic) bond motifs is 1. The summed E-state index contributed by atoms with van der Waals surface area (Å²) in [5, 5.41) is 9.56. The Hall–Kier alpha value is -2.59. The molecule has 2 aromatic heterocycles. The van der Waals surface area contributed by atoms with Gasteiger partial charge in [0.2, 0.25) is 0 Å². The van der Waals surface area contributed by atoms with Crippen LogP contribution in [0.25, 0.3) is 31.9 Å². The summed E-state index contributed by atoms with van der Waals surface area (Å²) < 4.78 is 0. The molecule has 1 N–H and O–H groups in total. The first-order valence-corrected chi connectivity index (χ1v) is 10.9. The van der Waals surface area contributed by atoms with Crippen molar-refractivity contribution >= 4 is 27.3 Å². The molecule has 2 aromatic carbocycles. The Bertz CT molecular complexity index is 1230. The summed E-state index contributed by atoms with van der Waals surface area (Å²) in [5.74, 6) is -0.0625. The van der Waals surface area contributed by atoms with E-state index in [1.807, 2.05) is 0 Å². The maximum Gasteiger partial charge on any atom is 0.155 e. The Morgan fingerprint density at radius 3 is 2.22 bits per heavy atom. The fourth-order valence-electron chi connectivity index (χ4n) is 3.26. The van der Waals surface area contributed by atoms with Gasteiger partial charge in [-0.15, -0.1) is 46.2 Å². The second kappa shape index (κ2) is 11.3. The number of rotatable bonds is 3. The molecule has 5 heteroatoms. The van der Waals surface area contributed by atoms with Gasteiger partial charge in [-0.05, 0) is 38.1 Å². The van der Waals surface area contributed by atoms with Gasteiger partial charge < -0.3 is 5.11 Å². The van der Waals surface area contributed by atoms with Crippen LogP contribution in [-0.2, 0) is 24.9 Å². The Balaban J connectivity index is 0.000000398. The number of aromatic nitrogens is 1. The second-order valence-electron chi connectivity index (χ2n) is 7.72. The Kier molecular flexibility index (Phi) is 9.09. The van der Waals surface area contributed by atoms with Gasteiger partial charge in [0.25, 0.3) is 0 Å². The van der Waals surface area contributed by atoms with Gasteiger partial charge in [-0.1, -0.05) is 55.8 Å². The van der Waals surface area contributed by atoms with Crippen molar-refractivity contribution in [1.82, 2.24) is 4.98 Å². The monoisotopic (exact) mass is 621 g/mol. The van der Waals surface area contributed by atoms with E-state index in [0.717, 1.165) is 21.7 Å². The summed E-state index contributed by atoms with van der Waals surface area (Å²) >= 11 is 1.75. The molecule has 4 rings (SSSR count). The van der Waals surface area contributed by atoms with Gasteiger partial charge in [-0.3, -0.25) is 9.78 Å². The molecular formula is C27H26IrNO2S-. The third-order valence-corrected chi connectivity index (χ3v) is 5.65. The minimum Gasteiger partial charge on any atom is -0.512 e. The number of thiophene rings is 1. The van der Waals surface area contributed by atoms with E-state index in [1.165, 1.54) is 46.9 Å². The third-order valence-electron chi connectivity index (χ3n) is 4.56. The smallest absolute Gasteiger partial charge is 0.155 e. The van der Waals surface area contributed by atoms with Crippen LogP contribution in [0.4, 0.5) is 0 Å². The van der Waals surface area contributed by atoms with Crippen LogP contribution in [0, 0.1) is 26.8 Å². The standard InChI is InChI=1S/C22H18NS.C5H8O2.Ir/c1-14-4-6-17(7-5-14)21-13-18-8-9-20(23-22(18)24-21)19-11-15(2)10-16(3)12-19;1-4(6)3-5(2)7;/h4-11,13H,1-3H3;3,6H,1-2H3;/q-1;;/b;4-3-;. The molecule has 32 heavy (non-hydrogen) atoms. The molecule has 0 unspecified atom stereocenters. The molecule has 0 fully saturated rings. The summed E-state index contributed by atoms with van der Waals surface area (Å²) in [7, 11) is 0. The van der Waals surface area contributed by atoms with E-state index in [2.05, 4.69) is 81.4 Å². The largest absolute Gasteiger partial charge is 0.512 e. The van der Waals surface area contributed by atoms with Crippen molar-refractivity contribution in [3.05, 3.63) is 89.2 Å². The number of aryl methyl sites for hydroxylation is 3.